The van der Waals surface area contributed by atoms with E-state index in [4.69, 9.17) is 37.8 Å². The second kappa shape index (κ2) is 10.1. The maximum atomic E-state index is 12.8. The van der Waals surface area contributed by atoms with Crippen LogP contribution < -0.4 is 9.47 Å². The molecule has 1 fully saturated rings. The largest absolute Gasteiger partial charge is 0.490 e. The fraction of sp³-hybridized carbons (Fsp3) is 0.190. The van der Waals surface area contributed by atoms with Crippen molar-refractivity contribution < 1.29 is 29.0 Å². The number of benzene rings is 2. The smallest absolute Gasteiger partial charge is 0.341 e. The molecule has 2 aromatic rings. The Kier molecular flexibility index (Phi) is 7.48. The molecule has 0 aliphatic carbocycles. The average molecular weight is 482 g/mol. The van der Waals surface area contributed by atoms with Crippen molar-refractivity contribution in [2.75, 3.05) is 13.2 Å². The molecule has 2 amide bonds. The Morgan fingerprint density at radius 3 is 2.52 bits per heavy atom. The summed E-state index contributed by atoms with van der Waals surface area (Å²) in [6.07, 6.45) is 1.53. The molecule has 162 valence electrons. The van der Waals surface area contributed by atoms with Crippen molar-refractivity contribution in [2.45, 2.75) is 13.5 Å². The quantitative estimate of drug-likeness (QED) is 0.524. The lowest BCUT2D eigenvalue weighted by atomic mass is 10.1. The van der Waals surface area contributed by atoms with Gasteiger partial charge in [-0.1, -0.05) is 35.3 Å². The van der Waals surface area contributed by atoms with E-state index in [1.165, 1.54) is 12.1 Å². The molecule has 7 nitrogen and oxygen atoms in total. The van der Waals surface area contributed by atoms with Gasteiger partial charge in [0.25, 0.3) is 11.1 Å². The zero-order valence-electron chi connectivity index (χ0n) is 16.3. The molecule has 1 aliphatic rings. The molecule has 10 heteroatoms. The number of halogens is 2. The molecule has 0 radical (unpaired) electrons. The fourth-order valence-corrected chi connectivity index (χ4v) is 4.01. The van der Waals surface area contributed by atoms with Gasteiger partial charge < -0.3 is 14.6 Å². The third kappa shape index (κ3) is 5.72. The molecule has 2 aromatic carbocycles. The molecule has 0 unspecified atom stereocenters. The Morgan fingerprint density at radius 2 is 1.87 bits per heavy atom. The first-order chi connectivity index (χ1) is 14.8. The topological polar surface area (TPSA) is 93.1 Å². The van der Waals surface area contributed by atoms with Crippen LogP contribution in [0.5, 0.6) is 11.5 Å². The molecule has 0 bridgehead atoms. The van der Waals surface area contributed by atoms with Gasteiger partial charge in [-0.3, -0.25) is 14.5 Å². The summed E-state index contributed by atoms with van der Waals surface area (Å²) >= 11 is 12.9. The SMILES string of the molecule is CCOc1cc(/C=C2\SC(=O)N(Cc3ccc(Cl)cc3)C2=O)cc(Cl)c1OCC(=O)O. The van der Waals surface area contributed by atoms with Crippen LogP contribution in [-0.2, 0) is 16.1 Å². The normalized spacial score (nSPS) is 14.9. The van der Waals surface area contributed by atoms with Gasteiger partial charge >= 0.3 is 5.97 Å². The zero-order valence-corrected chi connectivity index (χ0v) is 18.6. The lowest BCUT2D eigenvalue weighted by molar-refractivity contribution is -0.139. The van der Waals surface area contributed by atoms with Gasteiger partial charge in [0.1, 0.15) is 0 Å². The molecule has 0 saturated carbocycles. The first-order valence-electron chi connectivity index (χ1n) is 9.09. The third-order valence-corrected chi connectivity index (χ3v) is 5.54. The molecule has 1 heterocycles. The lowest BCUT2D eigenvalue weighted by Gasteiger charge is -2.14. The van der Waals surface area contributed by atoms with Crippen LogP contribution in [0.1, 0.15) is 18.1 Å². The average Bonchev–Trinajstić information content (AvgIpc) is 2.96. The highest BCUT2D eigenvalue weighted by atomic mass is 35.5. The minimum Gasteiger partial charge on any atom is -0.490 e. The minimum atomic E-state index is -1.16. The summed E-state index contributed by atoms with van der Waals surface area (Å²) in [4.78, 5) is 37.3. The monoisotopic (exact) mass is 481 g/mol. The van der Waals surface area contributed by atoms with E-state index < -0.39 is 18.5 Å². The fourth-order valence-electron chi connectivity index (χ4n) is 2.77. The van der Waals surface area contributed by atoms with Gasteiger partial charge in [-0.15, -0.1) is 0 Å². The Bertz CT molecular complexity index is 1050. The maximum Gasteiger partial charge on any atom is 0.341 e. The van der Waals surface area contributed by atoms with Crippen LogP contribution in [0, 0.1) is 0 Å². The van der Waals surface area contributed by atoms with E-state index in [1.807, 2.05) is 0 Å². The van der Waals surface area contributed by atoms with Crippen molar-refractivity contribution in [1.29, 1.82) is 0 Å². The number of carbonyl (C=O) groups excluding carboxylic acids is 2. The Balaban J connectivity index is 1.85. The number of nitrogens with zero attached hydrogens (tertiary/aromatic N) is 1. The van der Waals surface area contributed by atoms with Crippen LogP contribution in [0.3, 0.4) is 0 Å². The second-order valence-electron chi connectivity index (χ2n) is 6.34. The number of hydrogen-bond acceptors (Lipinski definition) is 6. The van der Waals surface area contributed by atoms with E-state index >= 15 is 0 Å². The van der Waals surface area contributed by atoms with E-state index in [0.717, 1.165) is 22.2 Å². The van der Waals surface area contributed by atoms with Gasteiger partial charge in [-0.05, 0) is 60.2 Å². The number of imide groups is 1. The predicted molar refractivity (Wildman–Crippen MR) is 119 cm³/mol. The van der Waals surface area contributed by atoms with Crippen molar-refractivity contribution in [2.24, 2.45) is 0 Å². The molecule has 0 spiro atoms. The molecule has 1 saturated heterocycles. The highest BCUT2D eigenvalue weighted by Crippen LogP contribution is 2.39. The molecular weight excluding hydrogens is 465 g/mol. The third-order valence-electron chi connectivity index (χ3n) is 4.10. The number of ether oxygens (including phenoxy) is 2. The van der Waals surface area contributed by atoms with Gasteiger partial charge in [0.15, 0.2) is 18.1 Å². The highest BCUT2D eigenvalue weighted by molar-refractivity contribution is 8.18. The van der Waals surface area contributed by atoms with Crippen LogP contribution in [0.15, 0.2) is 41.3 Å². The van der Waals surface area contributed by atoms with Crippen LogP contribution in [0.4, 0.5) is 4.79 Å². The molecule has 31 heavy (non-hydrogen) atoms. The first kappa shape index (κ1) is 23.0. The van der Waals surface area contributed by atoms with Gasteiger partial charge in [0, 0.05) is 5.02 Å². The summed E-state index contributed by atoms with van der Waals surface area (Å²) in [5, 5.41) is 9.13. The van der Waals surface area contributed by atoms with Crippen molar-refractivity contribution in [3.63, 3.8) is 0 Å². The second-order valence-corrected chi connectivity index (χ2v) is 8.18. The first-order valence-corrected chi connectivity index (χ1v) is 10.7. The summed E-state index contributed by atoms with van der Waals surface area (Å²) in [5.74, 6) is -1.25. The van der Waals surface area contributed by atoms with Crippen molar-refractivity contribution in [3.05, 3.63) is 62.5 Å². The van der Waals surface area contributed by atoms with Crippen molar-refractivity contribution >= 4 is 58.2 Å². The molecule has 3 rings (SSSR count). The summed E-state index contributed by atoms with van der Waals surface area (Å²) in [6, 6.07) is 9.96. The van der Waals surface area contributed by atoms with Gasteiger partial charge in [0.2, 0.25) is 0 Å². The van der Waals surface area contributed by atoms with Crippen LogP contribution in [0.2, 0.25) is 10.0 Å². The Morgan fingerprint density at radius 1 is 1.16 bits per heavy atom. The predicted octanol–water partition coefficient (Wildman–Crippen LogP) is 5.09. The van der Waals surface area contributed by atoms with E-state index in [2.05, 4.69) is 0 Å². The maximum absolute atomic E-state index is 12.8. The Labute approximate surface area is 192 Å². The summed E-state index contributed by atoms with van der Waals surface area (Å²) < 4.78 is 10.7. The minimum absolute atomic E-state index is 0.0962. The number of carbonyl (C=O) groups is 3. The molecule has 0 atom stereocenters. The molecule has 0 aromatic heterocycles. The van der Waals surface area contributed by atoms with E-state index in [-0.39, 0.29) is 33.2 Å². The van der Waals surface area contributed by atoms with Crippen LogP contribution in [0.25, 0.3) is 6.08 Å². The Hall–Kier alpha value is -2.68. The number of amides is 2. The van der Waals surface area contributed by atoms with Gasteiger partial charge in [-0.2, -0.15) is 0 Å². The zero-order chi connectivity index (χ0) is 22.5. The van der Waals surface area contributed by atoms with Gasteiger partial charge in [-0.25, -0.2) is 4.79 Å². The van der Waals surface area contributed by atoms with Crippen LogP contribution in [-0.4, -0.2) is 40.3 Å². The standard InChI is InChI=1S/C21H17Cl2NO6S/c1-2-29-16-8-13(7-15(23)19(16)30-11-18(25)26)9-17-20(27)24(21(28)31-17)10-12-3-5-14(22)6-4-12/h3-9H,2,10-11H2,1H3,(H,25,26)/b17-9-. The summed E-state index contributed by atoms with van der Waals surface area (Å²) in [7, 11) is 0. The van der Waals surface area contributed by atoms with Crippen molar-refractivity contribution in [1.82, 2.24) is 4.90 Å². The summed E-state index contributed by atoms with van der Waals surface area (Å²) in [6.45, 7) is 1.60. The van der Waals surface area contributed by atoms with Crippen LogP contribution >= 0.6 is 35.0 Å². The molecule has 1 aliphatic heterocycles. The number of thioether (sulfide) groups is 1. The molecule has 1 N–H and O–H groups in total. The number of hydrogen-bond donors (Lipinski definition) is 1. The number of rotatable bonds is 8. The lowest BCUT2D eigenvalue weighted by Crippen LogP contribution is -2.27. The summed E-state index contributed by atoms with van der Waals surface area (Å²) in [5.41, 5.74) is 1.28. The molecular formula is C21H17Cl2NO6S. The number of carboxylic acid groups (broad SMARTS) is 1. The number of carboxylic acids is 1. The highest BCUT2D eigenvalue weighted by Gasteiger charge is 2.35. The van der Waals surface area contributed by atoms with Crippen molar-refractivity contribution in [3.8, 4) is 11.5 Å². The van der Waals surface area contributed by atoms with E-state index in [0.29, 0.717) is 17.2 Å². The van der Waals surface area contributed by atoms with E-state index in [1.54, 1.807) is 37.3 Å². The van der Waals surface area contributed by atoms with E-state index in [9.17, 15) is 14.4 Å². The number of aliphatic carboxylic acids is 1. The van der Waals surface area contributed by atoms with Gasteiger partial charge in [0.05, 0.1) is 23.1 Å².